The van der Waals surface area contributed by atoms with Crippen molar-refractivity contribution in [3.8, 4) is 6.07 Å². The number of para-hydroxylation sites is 1. The van der Waals surface area contributed by atoms with Gasteiger partial charge in [-0.2, -0.15) is 5.26 Å². The topological polar surface area (TPSA) is 135 Å². The molecule has 2 heterocycles. The van der Waals surface area contributed by atoms with Gasteiger partial charge in [0.25, 0.3) is 5.91 Å². The van der Waals surface area contributed by atoms with E-state index in [1.54, 1.807) is 43.3 Å². The number of rotatable bonds is 5. The first-order chi connectivity index (χ1) is 16.8. The highest BCUT2D eigenvalue weighted by molar-refractivity contribution is 8.03. The fourth-order valence-electron chi connectivity index (χ4n) is 4.01. The summed E-state index contributed by atoms with van der Waals surface area (Å²) in [6, 6.07) is 18.1. The molecule has 2 aromatic rings. The molecule has 2 aromatic carbocycles. The lowest BCUT2D eigenvalue weighted by molar-refractivity contribution is -0.161. The smallest absolute Gasteiger partial charge is 0.254 e. The van der Waals surface area contributed by atoms with E-state index in [-0.39, 0.29) is 18.1 Å². The summed E-state index contributed by atoms with van der Waals surface area (Å²) < 4.78 is 5.52. The molecule has 0 radical (unpaired) electrons. The van der Waals surface area contributed by atoms with Gasteiger partial charge in [-0.15, -0.1) is 0 Å². The number of aliphatic hydroxyl groups excluding tert-OH is 3. The van der Waals surface area contributed by atoms with Gasteiger partial charge in [0.2, 0.25) is 0 Å². The number of aliphatic hydroxyl groups is 3. The van der Waals surface area contributed by atoms with Crippen LogP contribution >= 0.6 is 23.4 Å². The van der Waals surface area contributed by atoms with E-state index in [1.807, 2.05) is 18.2 Å². The summed E-state index contributed by atoms with van der Waals surface area (Å²) in [6.07, 6.45) is -3.96. The largest absolute Gasteiger partial charge is 0.388 e. The molecule has 4 rings (SSSR count). The third-order valence-corrected chi connectivity index (χ3v) is 7.27. The number of ether oxygens (including phenoxy) is 1. The summed E-state index contributed by atoms with van der Waals surface area (Å²) in [5.41, 5.74) is 1.49. The Morgan fingerprint density at radius 2 is 1.83 bits per heavy atom. The number of carbonyl (C=O) groups is 1. The molecule has 0 aromatic heterocycles. The first-order valence-corrected chi connectivity index (χ1v) is 12.1. The molecule has 0 spiro atoms. The van der Waals surface area contributed by atoms with E-state index < -0.39 is 29.7 Å². The molecule has 5 N–H and O–H groups in total. The molecule has 1 saturated heterocycles. The Morgan fingerprint density at radius 1 is 1.14 bits per heavy atom. The van der Waals surface area contributed by atoms with Gasteiger partial charge < -0.3 is 30.7 Å². The molecular weight excluding hydrogens is 490 g/mol. The minimum Gasteiger partial charge on any atom is -0.388 e. The van der Waals surface area contributed by atoms with Crippen molar-refractivity contribution in [2.45, 2.75) is 36.6 Å². The standard InChI is InChI=1S/C25H24ClN3O5S/c1-13-19(23(33)29-16-5-3-2-4-6-16)20(14-7-9-15(26)10-8-14)17(11-27)24(28-13)35-25-22(32)21(31)18(30)12-34-25/h2-10,18,20-22,25,28,30-32H,12H2,1H3,(H,29,33)/t18-,20?,21-,22+,25-/m0/s1. The number of hydrogen-bond acceptors (Lipinski definition) is 8. The van der Waals surface area contributed by atoms with Crippen LogP contribution in [0.3, 0.4) is 0 Å². The number of carbonyl (C=O) groups excluding carboxylic acids is 1. The summed E-state index contributed by atoms with van der Waals surface area (Å²) in [5, 5.41) is 47.3. The summed E-state index contributed by atoms with van der Waals surface area (Å²) in [7, 11) is 0. The van der Waals surface area contributed by atoms with Crippen molar-refractivity contribution in [3.05, 3.63) is 87.1 Å². The fourth-order valence-corrected chi connectivity index (χ4v) is 5.32. The first-order valence-electron chi connectivity index (χ1n) is 10.9. The third-order valence-electron chi connectivity index (χ3n) is 5.82. The quantitative estimate of drug-likeness (QED) is 0.412. The highest BCUT2D eigenvalue weighted by Gasteiger charge is 2.41. The Hall–Kier alpha value is -2.84. The Kier molecular flexibility index (Phi) is 7.82. The molecule has 1 amide bonds. The molecule has 5 atom stereocenters. The van der Waals surface area contributed by atoms with Crippen LogP contribution in [0.1, 0.15) is 18.4 Å². The number of dihydropyridines is 1. The van der Waals surface area contributed by atoms with Crippen molar-refractivity contribution < 1.29 is 24.9 Å². The van der Waals surface area contributed by atoms with E-state index in [2.05, 4.69) is 16.7 Å². The average Bonchev–Trinajstić information content (AvgIpc) is 2.85. The van der Waals surface area contributed by atoms with E-state index in [0.717, 1.165) is 11.8 Å². The maximum Gasteiger partial charge on any atom is 0.254 e. The Labute approximate surface area is 211 Å². The number of halogens is 1. The second kappa shape index (κ2) is 10.8. The Bertz CT molecular complexity index is 1200. The van der Waals surface area contributed by atoms with E-state index in [9.17, 15) is 25.4 Å². The van der Waals surface area contributed by atoms with E-state index in [0.29, 0.717) is 32.6 Å². The third kappa shape index (κ3) is 5.38. The second-order valence-corrected chi connectivity index (χ2v) is 9.74. The predicted octanol–water partition coefficient (Wildman–Crippen LogP) is 2.85. The van der Waals surface area contributed by atoms with Gasteiger partial charge in [0, 0.05) is 22.0 Å². The molecule has 10 heteroatoms. The van der Waals surface area contributed by atoms with Gasteiger partial charge in [0.15, 0.2) is 0 Å². The number of nitrogens with one attached hydrogen (secondary N) is 2. The van der Waals surface area contributed by atoms with Crippen LogP contribution in [-0.4, -0.2) is 51.6 Å². The molecule has 1 unspecified atom stereocenters. The van der Waals surface area contributed by atoms with Gasteiger partial charge in [-0.1, -0.05) is 53.7 Å². The van der Waals surface area contributed by atoms with Crippen molar-refractivity contribution in [1.82, 2.24) is 5.32 Å². The van der Waals surface area contributed by atoms with Crippen LogP contribution in [0, 0.1) is 11.3 Å². The zero-order chi connectivity index (χ0) is 25.1. The molecule has 0 saturated carbocycles. The van der Waals surface area contributed by atoms with Crippen molar-refractivity contribution in [2.75, 3.05) is 11.9 Å². The maximum atomic E-state index is 13.4. The monoisotopic (exact) mass is 513 g/mol. The molecular formula is C25H24ClN3O5S. The van der Waals surface area contributed by atoms with Gasteiger partial charge in [-0.25, -0.2) is 0 Å². The van der Waals surface area contributed by atoms with Crippen LogP contribution in [0.2, 0.25) is 5.02 Å². The molecule has 0 bridgehead atoms. The SMILES string of the molecule is CC1=C(C(=O)Nc2ccccc2)C(c2ccc(Cl)cc2)C(C#N)=C(S[C@@H]2OC[C@H](O)[C@H](O)[C@H]2O)N1. The number of hydrogen-bond donors (Lipinski definition) is 5. The molecule has 0 aliphatic carbocycles. The van der Waals surface area contributed by atoms with Crippen LogP contribution in [0.25, 0.3) is 0 Å². The summed E-state index contributed by atoms with van der Waals surface area (Å²) in [6.45, 7) is 1.57. The van der Waals surface area contributed by atoms with E-state index in [1.165, 1.54) is 0 Å². The lowest BCUT2D eigenvalue weighted by Crippen LogP contribution is -2.51. The lowest BCUT2D eigenvalue weighted by atomic mass is 9.82. The highest BCUT2D eigenvalue weighted by atomic mass is 35.5. The van der Waals surface area contributed by atoms with Crippen molar-refractivity contribution in [2.24, 2.45) is 0 Å². The van der Waals surface area contributed by atoms with Crippen molar-refractivity contribution >= 4 is 35.0 Å². The summed E-state index contributed by atoms with van der Waals surface area (Å²) >= 11 is 7.10. The fraction of sp³-hybridized carbons (Fsp3) is 0.280. The van der Waals surface area contributed by atoms with Crippen LogP contribution in [0.15, 0.2) is 76.5 Å². The number of thioether (sulfide) groups is 1. The normalized spacial score (nSPS) is 26.7. The van der Waals surface area contributed by atoms with Gasteiger partial charge in [0.1, 0.15) is 23.7 Å². The zero-order valence-electron chi connectivity index (χ0n) is 18.7. The molecule has 2 aliphatic heterocycles. The molecule has 1 fully saturated rings. The molecule has 182 valence electrons. The molecule has 35 heavy (non-hydrogen) atoms. The van der Waals surface area contributed by atoms with Gasteiger partial charge in [0.05, 0.1) is 29.2 Å². The van der Waals surface area contributed by atoms with Crippen LogP contribution < -0.4 is 10.6 Å². The van der Waals surface area contributed by atoms with E-state index in [4.69, 9.17) is 16.3 Å². The Balaban J connectivity index is 1.72. The minimum absolute atomic E-state index is 0.161. The number of anilines is 1. The summed E-state index contributed by atoms with van der Waals surface area (Å²) in [4.78, 5) is 13.4. The summed E-state index contributed by atoms with van der Waals surface area (Å²) in [5.74, 6) is -1.09. The number of nitriles is 1. The van der Waals surface area contributed by atoms with E-state index >= 15 is 0 Å². The predicted molar refractivity (Wildman–Crippen MR) is 133 cm³/mol. The van der Waals surface area contributed by atoms with Gasteiger partial charge >= 0.3 is 0 Å². The molecule has 8 nitrogen and oxygen atoms in total. The van der Waals surface area contributed by atoms with Crippen molar-refractivity contribution in [3.63, 3.8) is 0 Å². The first kappa shape index (κ1) is 25.3. The zero-order valence-corrected chi connectivity index (χ0v) is 20.3. The maximum absolute atomic E-state index is 13.4. The van der Waals surface area contributed by atoms with Crippen molar-refractivity contribution in [1.29, 1.82) is 5.26 Å². The van der Waals surface area contributed by atoms with Crippen LogP contribution in [0.5, 0.6) is 0 Å². The number of allylic oxidation sites excluding steroid dienone is 2. The number of benzene rings is 2. The highest BCUT2D eigenvalue weighted by Crippen LogP contribution is 2.43. The minimum atomic E-state index is -1.38. The number of nitrogens with zero attached hydrogens (tertiary/aromatic N) is 1. The lowest BCUT2D eigenvalue weighted by Gasteiger charge is -2.36. The van der Waals surface area contributed by atoms with Gasteiger partial charge in [-0.05, 0) is 36.8 Å². The van der Waals surface area contributed by atoms with Crippen LogP contribution in [-0.2, 0) is 9.53 Å². The number of amides is 1. The second-order valence-electron chi connectivity index (χ2n) is 8.19. The van der Waals surface area contributed by atoms with Gasteiger partial charge in [-0.3, -0.25) is 4.79 Å². The van der Waals surface area contributed by atoms with Crippen LogP contribution in [0.4, 0.5) is 5.69 Å². The Morgan fingerprint density at radius 3 is 2.49 bits per heavy atom. The average molecular weight is 514 g/mol. The molecule has 2 aliphatic rings.